The lowest BCUT2D eigenvalue weighted by molar-refractivity contribution is 0.103. The summed E-state index contributed by atoms with van der Waals surface area (Å²) in [4.78, 5) is 3.92. The highest BCUT2D eigenvalue weighted by Gasteiger charge is 1.95. The minimum absolute atomic E-state index is 0.559. The number of aromatic nitrogens is 2. The normalized spacial score (nSPS) is 11.0. The molecular formula is C9H17N3O. The largest absolute Gasteiger partial charge is 0.382 e. The second kappa shape index (κ2) is 4.87. The first-order valence-electron chi connectivity index (χ1n) is 4.53. The fourth-order valence-corrected chi connectivity index (χ4v) is 0.989. The van der Waals surface area contributed by atoms with Gasteiger partial charge in [0.05, 0.1) is 12.9 Å². The first kappa shape index (κ1) is 10.1. The number of hydrogen-bond acceptors (Lipinski definition) is 3. The van der Waals surface area contributed by atoms with E-state index in [0.717, 1.165) is 13.2 Å². The van der Waals surface area contributed by atoms with E-state index >= 15 is 0 Å². The lowest BCUT2D eigenvalue weighted by atomic mass is 10.2. The molecule has 1 aromatic rings. The van der Waals surface area contributed by atoms with E-state index < -0.39 is 0 Å². The second-order valence-corrected chi connectivity index (χ2v) is 3.51. The van der Waals surface area contributed by atoms with Crippen LogP contribution >= 0.6 is 0 Å². The maximum Gasteiger partial charge on any atom is 0.141 e. The van der Waals surface area contributed by atoms with Crippen LogP contribution in [0.1, 0.15) is 13.8 Å². The minimum atomic E-state index is 0.559. The van der Waals surface area contributed by atoms with Crippen LogP contribution in [-0.4, -0.2) is 22.8 Å². The number of rotatable bonds is 5. The predicted octanol–water partition coefficient (Wildman–Crippen LogP) is 1.14. The first-order chi connectivity index (χ1) is 6.18. The average molecular weight is 183 g/mol. The van der Waals surface area contributed by atoms with Gasteiger partial charge in [-0.2, -0.15) is 0 Å². The van der Waals surface area contributed by atoms with Crippen LogP contribution in [-0.2, 0) is 11.3 Å². The Morgan fingerprint density at radius 3 is 2.92 bits per heavy atom. The Hall–Kier alpha value is -1.03. The third-order valence-corrected chi connectivity index (χ3v) is 1.60. The predicted molar refractivity (Wildman–Crippen MR) is 52.3 cm³/mol. The zero-order valence-corrected chi connectivity index (χ0v) is 8.23. The van der Waals surface area contributed by atoms with Gasteiger partial charge in [0, 0.05) is 19.3 Å². The molecule has 0 aliphatic carbocycles. The van der Waals surface area contributed by atoms with Crippen molar-refractivity contribution in [2.24, 2.45) is 5.92 Å². The van der Waals surface area contributed by atoms with Crippen LogP contribution in [0.4, 0.5) is 5.82 Å². The zero-order valence-electron chi connectivity index (χ0n) is 8.23. The first-order valence-corrected chi connectivity index (χ1v) is 4.53. The lowest BCUT2D eigenvalue weighted by Crippen LogP contribution is -2.08. The number of hydrogen-bond donors (Lipinski definition) is 1. The molecule has 1 heterocycles. The Kier molecular flexibility index (Phi) is 3.76. The Bertz CT molecular complexity index is 245. The molecule has 0 radical (unpaired) electrons. The van der Waals surface area contributed by atoms with Crippen molar-refractivity contribution < 1.29 is 4.74 Å². The highest BCUT2D eigenvalue weighted by molar-refractivity contribution is 5.22. The van der Waals surface area contributed by atoms with Crippen molar-refractivity contribution in [3.63, 3.8) is 0 Å². The van der Waals surface area contributed by atoms with E-state index in [-0.39, 0.29) is 0 Å². The summed E-state index contributed by atoms with van der Waals surface area (Å²) in [5.74, 6) is 1.15. The molecule has 0 atom stereocenters. The van der Waals surface area contributed by atoms with Gasteiger partial charge in [0.1, 0.15) is 5.82 Å². The fraction of sp³-hybridized carbons (Fsp3) is 0.667. The van der Waals surface area contributed by atoms with Crippen molar-refractivity contribution in [3.05, 3.63) is 12.5 Å². The molecule has 1 aromatic heterocycles. The van der Waals surface area contributed by atoms with Crippen molar-refractivity contribution >= 4 is 5.82 Å². The third-order valence-electron chi connectivity index (χ3n) is 1.60. The number of nitrogens with two attached hydrogens (primary N) is 1. The molecule has 0 aliphatic rings. The number of nitrogen functional groups attached to an aromatic ring is 1. The van der Waals surface area contributed by atoms with Crippen molar-refractivity contribution in [1.82, 2.24) is 9.55 Å². The number of ether oxygens (including phenoxy) is 1. The summed E-state index contributed by atoms with van der Waals surface area (Å²) < 4.78 is 7.35. The molecule has 0 aromatic carbocycles. The molecule has 0 amide bonds. The molecule has 0 saturated carbocycles. The van der Waals surface area contributed by atoms with Crippen LogP contribution in [0.3, 0.4) is 0 Å². The van der Waals surface area contributed by atoms with Crippen LogP contribution in [0, 0.1) is 5.92 Å². The van der Waals surface area contributed by atoms with Gasteiger partial charge in [-0.25, -0.2) is 4.98 Å². The second-order valence-electron chi connectivity index (χ2n) is 3.51. The highest BCUT2D eigenvalue weighted by atomic mass is 16.5. The smallest absolute Gasteiger partial charge is 0.141 e. The third kappa shape index (κ3) is 3.94. The zero-order chi connectivity index (χ0) is 9.68. The molecular weight excluding hydrogens is 166 g/mol. The van der Waals surface area contributed by atoms with Crippen LogP contribution in [0.25, 0.3) is 0 Å². The molecule has 0 aliphatic heterocycles. The van der Waals surface area contributed by atoms with Crippen LogP contribution in [0.2, 0.25) is 0 Å². The van der Waals surface area contributed by atoms with E-state index in [1.165, 1.54) is 0 Å². The summed E-state index contributed by atoms with van der Waals surface area (Å²) in [6.45, 7) is 6.61. The van der Waals surface area contributed by atoms with E-state index in [2.05, 4.69) is 18.8 Å². The molecule has 2 N–H and O–H groups in total. The molecule has 4 nitrogen and oxygen atoms in total. The topological polar surface area (TPSA) is 53.1 Å². The summed E-state index contributed by atoms with van der Waals surface area (Å²) in [5, 5.41) is 0. The Labute approximate surface area is 78.7 Å². The van der Waals surface area contributed by atoms with E-state index in [0.29, 0.717) is 18.3 Å². The maximum atomic E-state index is 5.46. The van der Waals surface area contributed by atoms with Gasteiger partial charge in [-0.3, -0.25) is 0 Å². The molecule has 13 heavy (non-hydrogen) atoms. The van der Waals surface area contributed by atoms with E-state index in [9.17, 15) is 0 Å². The summed E-state index contributed by atoms with van der Waals surface area (Å²) in [5.41, 5.74) is 5.46. The van der Waals surface area contributed by atoms with Crippen LogP contribution < -0.4 is 5.73 Å². The SMILES string of the molecule is CC(C)COCCn1cnc(N)c1. The van der Waals surface area contributed by atoms with Gasteiger partial charge >= 0.3 is 0 Å². The number of nitrogens with zero attached hydrogens (tertiary/aromatic N) is 2. The number of imidazole rings is 1. The maximum absolute atomic E-state index is 5.46. The Morgan fingerprint density at radius 1 is 1.62 bits per heavy atom. The average Bonchev–Trinajstić information content (AvgIpc) is 2.45. The highest BCUT2D eigenvalue weighted by Crippen LogP contribution is 1.97. The van der Waals surface area contributed by atoms with Crippen molar-refractivity contribution in [2.45, 2.75) is 20.4 Å². The minimum Gasteiger partial charge on any atom is -0.382 e. The van der Waals surface area contributed by atoms with Gasteiger partial charge in [-0.1, -0.05) is 13.8 Å². The summed E-state index contributed by atoms with van der Waals surface area (Å²) >= 11 is 0. The monoisotopic (exact) mass is 183 g/mol. The summed E-state index contributed by atoms with van der Waals surface area (Å²) in [6.07, 6.45) is 3.52. The Balaban J connectivity index is 2.13. The van der Waals surface area contributed by atoms with Crippen LogP contribution in [0.5, 0.6) is 0 Å². The number of anilines is 1. The van der Waals surface area contributed by atoms with Gasteiger partial charge in [0.2, 0.25) is 0 Å². The Morgan fingerprint density at radius 2 is 2.38 bits per heavy atom. The quantitative estimate of drug-likeness (QED) is 0.696. The molecule has 74 valence electrons. The van der Waals surface area contributed by atoms with E-state index in [1.807, 2.05) is 4.57 Å². The summed E-state index contributed by atoms with van der Waals surface area (Å²) in [7, 11) is 0. The van der Waals surface area contributed by atoms with Gasteiger partial charge in [-0.15, -0.1) is 0 Å². The lowest BCUT2D eigenvalue weighted by Gasteiger charge is -2.06. The molecule has 0 fully saturated rings. The van der Waals surface area contributed by atoms with E-state index in [4.69, 9.17) is 10.5 Å². The molecule has 0 bridgehead atoms. The van der Waals surface area contributed by atoms with Gasteiger partial charge < -0.3 is 15.0 Å². The molecule has 0 spiro atoms. The molecule has 0 saturated heterocycles. The molecule has 4 heteroatoms. The van der Waals surface area contributed by atoms with Gasteiger partial charge in [-0.05, 0) is 5.92 Å². The van der Waals surface area contributed by atoms with Crippen molar-refractivity contribution in [1.29, 1.82) is 0 Å². The van der Waals surface area contributed by atoms with Crippen LogP contribution in [0.15, 0.2) is 12.5 Å². The van der Waals surface area contributed by atoms with Gasteiger partial charge in [0.15, 0.2) is 0 Å². The summed E-state index contributed by atoms with van der Waals surface area (Å²) in [6, 6.07) is 0. The molecule has 1 rings (SSSR count). The standard InChI is InChI=1S/C9H17N3O/c1-8(2)6-13-4-3-12-5-9(10)11-7-12/h5,7-8H,3-4,6,10H2,1-2H3. The van der Waals surface area contributed by atoms with E-state index in [1.54, 1.807) is 12.5 Å². The van der Waals surface area contributed by atoms with Crippen molar-refractivity contribution in [3.8, 4) is 0 Å². The van der Waals surface area contributed by atoms with Gasteiger partial charge in [0.25, 0.3) is 0 Å². The van der Waals surface area contributed by atoms with Crippen molar-refractivity contribution in [2.75, 3.05) is 18.9 Å². The fourth-order valence-electron chi connectivity index (χ4n) is 0.989. The molecule has 0 unspecified atom stereocenters.